The monoisotopic (exact) mass is 412 g/mol. The molecule has 7 heteroatoms. The van der Waals surface area contributed by atoms with Crippen LogP contribution >= 0.6 is 22.6 Å². The highest BCUT2D eigenvalue weighted by atomic mass is 127. The number of carbonyl (C=O) groups is 1. The van der Waals surface area contributed by atoms with E-state index in [1.54, 1.807) is 18.2 Å². The van der Waals surface area contributed by atoms with Crippen LogP contribution < -0.4 is 0 Å². The van der Waals surface area contributed by atoms with Crippen LogP contribution in [0, 0.1) is 0 Å². The molecule has 114 valence electrons. The Morgan fingerprint density at radius 2 is 2.00 bits per heavy atom. The highest BCUT2D eigenvalue weighted by Crippen LogP contribution is 2.55. The largest absolute Gasteiger partial charge is 0.450 e. The number of esters is 1. The third-order valence-electron chi connectivity index (χ3n) is 4.25. The van der Waals surface area contributed by atoms with Crippen LogP contribution in [-0.2, 0) is 21.6 Å². The van der Waals surface area contributed by atoms with Crippen LogP contribution in [0.15, 0.2) is 24.3 Å². The lowest BCUT2D eigenvalue weighted by molar-refractivity contribution is -0.250. The molecule has 1 aliphatic heterocycles. The van der Waals surface area contributed by atoms with Crippen LogP contribution in [-0.4, -0.2) is 26.8 Å². The molecular weight excluding hydrogens is 400 g/mol. The molecule has 0 aromatic heterocycles. The molecule has 2 unspecified atom stereocenters. The summed E-state index contributed by atoms with van der Waals surface area (Å²) in [6, 6.07) is 6.99. The van der Waals surface area contributed by atoms with Gasteiger partial charge in [0.05, 0.1) is 3.92 Å². The van der Waals surface area contributed by atoms with E-state index in [2.05, 4.69) is 0 Å². The fraction of sp³-hybridized carbons (Fsp3) is 0.500. The number of ether oxygens (including phenoxy) is 1. The number of benzene rings is 1. The van der Waals surface area contributed by atoms with E-state index in [1.807, 2.05) is 28.7 Å². The third kappa shape index (κ3) is 2.00. The summed E-state index contributed by atoms with van der Waals surface area (Å²) in [6.45, 7) is 0. The first-order chi connectivity index (χ1) is 9.71. The number of halogens is 4. The molecule has 1 aromatic rings. The van der Waals surface area contributed by atoms with Gasteiger partial charge in [-0.3, -0.25) is 0 Å². The van der Waals surface area contributed by atoms with E-state index in [1.165, 1.54) is 0 Å². The third-order valence-corrected chi connectivity index (χ3v) is 5.88. The maximum atomic E-state index is 13.1. The molecule has 1 N–H and O–H groups in total. The first kappa shape index (κ1) is 15.1. The Morgan fingerprint density at radius 1 is 1.33 bits per heavy atom. The van der Waals surface area contributed by atoms with Crippen molar-refractivity contribution >= 4 is 28.6 Å². The zero-order valence-electron chi connectivity index (χ0n) is 10.8. The summed E-state index contributed by atoms with van der Waals surface area (Å²) in [7, 11) is 0. The van der Waals surface area contributed by atoms with Crippen LogP contribution in [0.3, 0.4) is 0 Å². The van der Waals surface area contributed by atoms with Gasteiger partial charge in [0, 0.05) is 6.42 Å². The lowest BCUT2D eigenvalue weighted by Crippen LogP contribution is -2.50. The van der Waals surface area contributed by atoms with Crippen molar-refractivity contribution < 1.29 is 27.8 Å². The van der Waals surface area contributed by atoms with Gasteiger partial charge >= 0.3 is 12.1 Å². The topological polar surface area (TPSA) is 46.5 Å². The molecule has 1 saturated heterocycles. The van der Waals surface area contributed by atoms with Crippen molar-refractivity contribution in [2.75, 3.05) is 0 Å². The minimum absolute atomic E-state index is 0.315. The van der Waals surface area contributed by atoms with Gasteiger partial charge in [-0.15, -0.1) is 0 Å². The maximum absolute atomic E-state index is 13.1. The standard InChI is InChI=1S/C14H12F3IO3/c15-14(16,17)13(20)7-12(21-11(13)19)9-4-2-1-3-8(9)5-6-10(12)18/h1-4,10,20H,5-7H2/t10?,12?,13-/m0/s1. The molecule has 21 heavy (non-hydrogen) atoms. The fourth-order valence-electron chi connectivity index (χ4n) is 3.11. The minimum atomic E-state index is -5.05. The van der Waals surface area contributed by atoms with Gasteiger partial charge in [-0.2, -0.15) is 13.2 Å². The van der Waals surface area contributed by atoms with E-state index < -0.39 is 29.8 Å². The van der Waals surface area contributed by atoms with Crippen LogP contribution in [0.1, 0.15) is 24.0 Å². The number of hydrogen-bond acceptors (Lipinski definition) is 3. The van der Waals surface area contributed by atoms with Gasteiger partial charge in [-0.25, -0.2) is 4.79 Å². The molecule has 0 saturated carbocycles. The number of alkyl halides is 4. The molecule has 1 aliphatic carbocycles. The van der Waals surface area contributed by atoms with Crippen LogP contribution in [0.25, 0.3) is 0 Å². The Bertz CT molecular complexity index is 603. The van der Waals surface area contributed by atoms with Crippen molar-refractivity contribution in [1.82, 2.24) is 0 Å². The summed E-state index contributed by atoms with van der Waals surface area (Å²) in [5.74, 6) is -1.60. The molecule has 0 radical (unpaired) electrons. The van der Waals surface area contributed by atoms with Gasteiger partial charge in [0.1, 0.15) is 0 Å². The summed E-state index contributed by atoms with van der Waals surface area (Å²) in [5, 5.41) is 9.85. The Labute approximate surface area is 132 Å². The number of aliphatic hydroxyl groups is 1. The second kappa shape index (κ2) is 4.58. The van der Waals surface area contributed by atoms with Crippen molar-refractivity contribution in [2.45, 2.75) is 40.6 Å². The molecule has 1 fully saturated rings. The van der Waals surface area contributed by atoms with Gasteiger partial charge in [-0.1, -0.05) is 46.9 Å². The van der Waals surface area contributed by atoms with Crippen LogP contribution in [0.4, 0.5) is 13.2 Å². The van der Waals surface area contributed by atoms with E-state index in [4.69, 9.17) is 4.74 Å². The molecule has 0 amide bonds. The van der Waals surface area contributed by atoms with Gasteiger partial charge in [0.2, 0.25) is 0 Å². The number of carbonyl (C=O) groups excluding carboxylic acids is 1. The second-order valence-electron chi connectivity index (χ2n) is 5.48. The minimum Gasteiger partial charge on any atom is -0.450 e. The zero-order chi connectivity index (χ0) is 15.5. The maximum Gasteiger partial charge on any atom is 0.428 e. The average Bonchev–Trinajstić information content (AvgIpc) is 2.69. The predicted octanol–water partition coefficient (Wildman–Crippen LogP) is 2.87. The van der Waals surface area contributed by atoms with E-state index in [9.17, 15) is 23.1 Å². The van der Waals surface area contributed by atoms with Crippen molar-refractivity contribution in [2.24, 2.45) is 0 Å². The van der Waals surface area contributed by atoms with Gasteiger partial charge in [0.15, 0.2) is 5.60 Å². The second-order valence-corrected chi connectivity index (χ2v) is 6.98. The van der Waals surface area contributed by atoms with E-state index in [-0.39, 0.29) is 3.92 Å². The number of aryl methyl sites for hydroxylation is 1. The van der Waals surface area contributed by atoms with Crippen molar-refractivity contribution in [3.63, 3.8) is 0 Å². The normalized spacial score (nSPS) is 35.7. The van der Waals surface area contributed by atoms with Gasteiger partial charge in [0.25, 0.3) is 5.60 Å². The highest BCUT2D eigenvalue weighted by Gasteiger charge is 2.71. The molecule has 0 bridgehead atoms. The smallest absolute Gasteiger partial charge is 0.428 e. The predicted molar refractivity (Wildman–Crippen MR) is 76.0 cm³/mol. The number of fused-ring (bicyclic) bond motifs is 2. The Hall–Kier alpha value is -0.830. The Balaban J connectivity index is 2.13. The summed E-state index contributed by atoms with van der Waals surface area (Å²) in [6.07, 6.45) is -4.52. The highest BCUT2D eigenvalue weighted by molar-refractivity contribution is 14.1. The lowest BCUT2D eigenvalue weighted by atomic mass is 9.75. The van der Waals surface area contributed by atoms with E-state index in [0.29, 0.717) is 18.4 Å². The number of rotatable bonds is 0. The SMILES string of the molecule is O=C1OC2(C[C@@]1(O)C(F)(F)F)c1ccccc1CCC2I. The van der Waals surface area contributed by atoms with E-state index in [0.717, 1.165) is 5.56 Å². The van der Waals surface area contributed by atoms with Crippen LogP contribution in [0.2, 0.25) is 0 Å². The molecule has 3 rings (SSSR count). The summed E-state index contributed by atoms with van der Waals surface area (Å²) < 4.78 is 44.1. The summed E-state index contributed by atoms with van der Waals surface area (Å²) in [4.78, 5) is 11.8. The quantitative estimate of drug-likeness (QED) is 0.405. The lowest BCUT2D eigenvalue weighted by Gasteiger charge is -2.38. The number of hydrogen-bond donors (Lipinski definition) is 1. The van der Waals surface area contributed by atoms with Gasteiger partial charge in [-0.05, 0) is 24.0 Å². The molecule has 1 spiro atoms. The van der Waals surface area contributed by atoms with Crippen molar-refractivity contribution in [1.29, 1.82) is 0 Å². The van der Waals surface area contributed by atoms with Crippen molar-refractivity contribution in [3.8, 4) is 0 Å². The Morgan fingerprint density at radius 3 is 2.62 bits per heavy atom. The molecule has 1 heterocycles. The first-order valence-electron chi connectivity index (χ1n) is 6.46. The summed E-state index contributed by atoms with van der Waals surface area (Å²) in [5.41, 5.74) is -3.40. The first-order valence-corrected chi connectivity index (χ1v) is 7.70. The molecule has 3 nitrogen and oxygen atoms in total. The van der Waals surface area contributed by atoms with Crippen molar-refractivity contribution in [3.05, 3.63) is 35.4 Å². The van der Waals surface area contributed by atoms with Crippen LogP contribution in [0.5, 0.6) is 0 Å². The van der Waals surface area contributed by atoms with Gasteiger partial charge < -0.3 is 9.84 Å². The zero-order valence-corrected chi connectivity index (χ0v) is 12.9. The molecule has 3 atom stereocenters. The average molecular weight is 412 g/mol. The van der Waals surface area contributed by atoms with E-state index >= 15 is 0 Å². The molecular formula is C14H12F3IO3. The molecule has 2 aliphatic rings. The fourth-order valence-corrected chi connectivity index (χ4v) is 4.11. The Kier molecular flexibility index (Phi) is 3.29. The molecule has 1 aromatic carbocycles. The summed E-state index contributed by atoms with van der Waals surface area (Å²) >= 11 is 2.01.